The molecule has 13 heavy (non-hydrogen) atoms. The topological polar surface area (TPSA) is 43.1 Å². The fraction of sp³-hybridized carbons (Fsp3) is 0.300. The molecule has 0 aromatic heterocycles. The van der Waals surface area contributed by atoms with E-state index in [0.717, 1.165) is 0 Å². The summed E-state index contributed by atoms with van der Waals surface area (Å²) in [5.74, 6) is -0.997. The van der Waals surface area contributed by atoms with E-state index >= 15 is 0 Å². The molecular formula is C10H14FNO. The molecule has 0 spiro atoms. The van der Waals surface area contributed by atoms with Crippen LogP contribution in [-0.4, -0.2) is 5.91 Å². The first-order valence-corrected chi connectivity index (χ1v) is 4.18. The zero-order valence-electron chi connectivity index (χ0n) is 8.10. The monoisotopic (exact) mass is 183 g/mol. The molecule has 0 aliphatic carbocycles. The Labute approximate surface area is 77.6 Å². The third-order valence-corrected chi connectivity index (χ3v) is 1.53. The third-order valence-electron chi connectivity index (χ3n) is 1.53. The Morgan fingerprint density at radius 2 is 1.92 bits per heavy atom. The number of nitrogens with two attached hydrogens (primary N) is 1. The van der Waals surface area contributed by atoms with Gasteiger partial charge in [0, 0.05) is 5.56 Å². The number of amides is 1. The first-order chi connectivity index (χ1) is 6.13. The van der Waals surface area contributed by atoms with E-state index in [1.165, 1.54) is 25.1 Å². The van der Waals surface area contributed by atoms with Gasteiger partial charge in [-0.05, 0) is 24.6 Å². The smallest absolute Gasteiger partial charge is 0.249 e. The number of carbonyl (C=O) groups excluding carboxylic acids is 1. The second-order valence-corrected chi connectivity index (χ2v) is 2.28. The molecule has 0 fully saturated rings. The van der Waals surface area contributed by atoms with Crippen LogP contribution in [0.3, 0.4) is 0 Å². The molecule has 0 saturated carbocycles. The zero-order chi connectivity index (χ0) is 10.4. The summed E-state index contributed by atoms with van der Waals surface area (Å²) in [5.41, 5.74) is 5.52. The lowest BCUT2D eigenvalue weighted by Crippen LogP contribution is -2.13. The molecule has 2 N–H and O–H groups in total. The number of benzene rings is 1. The molecule has 0 unspecified atom stereocenters. The Bertz CT molecular complexity index is 297. The minimum atomic E-state index is -0.595. The van der Waals surface area contributed by atoms with Crippen LogP contribution in [0.4, 0.5) is 4.39 Å². The average molecular weight is 183 g/mol. The average Bonchev–Trinajstić information content (AvgIpc) is 2.13. The van der Waals surface area contributed by atoms with Gasteiger partial charge in [-0.15, -0.1) is 0 Å². The van der Waals surface area contributed by atoms with Crippen LogP contribution in [0, 0.1) is 12.7 Å². The number of primary amides is 1. The second kappa shape index (κ2) is 5.30. The highest BCUT2D eigenvalue weighted by atomic mass is 19.1. The van der Waals surface area contributed by atoms with E-state index in [4.69, 9.17) is 5.73 Å². The molecule has 0 radical (unpaired) electrons. The van der Waals surface area contributed by atoms with Gasteiger partial charge in [0.15, 0.2) is 0 Å². The summed E-state index contributed by atoms with van der Waals surface area (Å²) in [5, 5.41) is 0. The summed E-state index contributed by atoms with van der Waals surface area (Å²) in [6, 6.07) is 4.25. The summed E-state index contributed by atoms with van der Waals surface area (Å²) in [6.07, 6.45) is 0. The lowest BCUT2D eigenvalue weighted by molar-refractivity contribution is 0.0999. The van der Waals surface area contributed by atoms with Crippen molar-refractivity contribution in [1.82, 2.24) is 0 Å². The fourth-order valence-corrected chi connectivity index (χ4v) is 0.874. The van der Waals surface area contributed by atoms with E-state index in [9.17, 15) is 9.18 Å². The Balaban J connectivity index is 0.000000671. The van der Waals surface area contributed by atoms with E-state index < -0.39 is 11.7 Å². The van der Waals surface area contributed by atoms with E-state index in [1.54, 1.807) is 0 Å². The van der Waals surface area contributed by atoms with Gasteiger partial charge in [-0.25, -0.2) is 4.39 Å². The molecule has 72 valence electrons. The van der Waals surface area contributed by atoms with E-state index in [-0.39, 0.29) is 5.56 Å². The molecule has 1 rings (SSSR count). The predicted molar refractivity (Wildman–Crippen MR) is 51.0 cm³/mol. The fourth-order valence-electron chi connectivity index (χ4n) is 0.874. The summed E-state index contributed by atoms with van der Waals surface area (Å²) in [6.45, 7) is 5.52. The highest BCUT2D eigenvalue weighted by Crippen LogP contribution is 2.10. The number of rotatable bonds is 1. The molecule has 0 heterocycles. The van der Waals surface area contributed by atoms with Crippen LogP contribution in [0.25, 0.3) is 0 Å². The first kappa shape index (κ1) is 11.6. The zero-order valence-corrected chi connectivity index (χ0v) is 8.10. The molecule has 1 aromatic carbocycles. The van der Waals surface area contributed by atoms with Crippen LogP contribution in [-0.2, 0) is 0 Å². The van der Waals surface area contributed by atoms with Gasteiger partial charge in [-0.1, -0.05) is 19.9 Å². The second-order valence-electron chi connectivity index (χ2n) is 2.28. The van der Waals surface area contributed by atoms with Crippen LogP contribution in [0.2, 0.25) is 0 Å². The van der Waals surface area contributed by atoms with Crippen molar-refractivity contribution in [2.24, 2.45) is 5.73 Å². The van der Waals surface area contributed by atoms with Gasteiger partial charge in [0.2, 0.25) is 5.91 Å². The van der Waals surface area contributed by atoms with Gasteiger partial charge in [0.1, 0.15) is 5.82 Å². The van der Waals surface area contributed by atoms with Crippen molar-refractivity contribution in [3.63, 3.8) is 0 Å². The van der Waals surface area contributed by atoms with Gasteiger partial charge in [-0.3, -0.25) is 4.79 Å². The normalized spacial score (nSPS) is 8.62. The maximum Gasteiger partial charge on any atom is 0.249 e. The minimum Gasteiger partial charge on any atom is -0.366 e. The van der Waals surface area contributed by atoms with Crippen LogP contribution >= 0.6 is 0 Å². The highest BCUT2D eigenvalue weighted by Gasteiger charge is 2.06. The predicted octanol–water partition coefficient (Wildman–Crippen LogP) is 2.26. The molecule has 2 nitrogen and oxygen atoms in total. The molecule has 0 saturated heterocycles. The quantitative estimate of drug-likeness (QED) is 0.713. The van der Waals surface area contributed by atoms with Crippen molar-refractivity contribution < 1.29 is 9.18 Å². The first-order valence-electron chi connectivity index (χ1n) is 4.18. The lowest BCUT2D eigenvalue weighted by atomic mass is 10.1. The molecule has 0 atom stereocenters. The Hall–Kier alpha value is -1.38. The van der Waals surface area contributed by atoms with Crippen molar-refractivity contribution in [2.75, 3.05) is 0 Å². The third kappa shape index (κ3) is 2.86. The summed E-state index contributed by atoms with van der Waals surface area (Å²) >= 11 is 0. The summed E-state index contributed by atoms with van der Waals surface area (Å²) in [4.78, 5) is 10.6. The van der Waals surface area contributed by atoms with E-state index in [2.05, 4.69) is 0 Å². The SMILES string of the molecule is CC.Cc1c(F)cccc1C(N)=O. The van der Waals surface area contributed by atoms with Crippen LogP contribution < -0.4 is 5.73 Å². The van der Waals surface area contributed by atoms with E-state index in [0.29, 0.717) is 5.56 Å². The van der Waals surface area contributed by atoms with E-state index in [1.807, 2.05) is 13.8 Å². The van der Waals surface area contributed by atoms with Crippen LogP contribution in [0.1, 0.15) is 29.8 Å². The van der Waals surface area contributed by atoms with Crippen molar-refractivity contribution >= 4 is 5.91 Å². The van der Waals surface area contributed by atoms with Crippen molar-refractivity contribution in [2.45, 2.75) is 20.8 Å². The standard InChI is InChI=1S/C8H8FNO.C2H6/c1-5-6(8(10)11)3-2-4-7(5)9;1-2/h2-4H,1H3,(H2,10,11);1-2H3. The molecular weight excluding hydrogens is 169 g/mol. The maximum absolute atomic E-state index is 12.7. The Kier molecular flexibility index (Phi) is 4.74. The molecule has 0 bridgehead atoms. The van der Waals surface area contributed by atoms with Crippen LogP contribution in [0.5, 0.6) is 0 Å². The van der Waals surface area contributed by atoms with Gasteiger partial charge in [0.05, 0.1) is 0 Å². The van der Waals surface area contributed by atoms with Gasteiger partial charge in [0.25, 0.3) is 0 Å². The molecule has 3 heteroatoms. The lowest BCUT2D eigenvalue weighted by Gasteiger charge is -2.00. The molecule has 1 amide bonds. The molecule has 0 aliphatic heterocycles. The van der Waals surface area contributed by atoms with Crippen molar-refractivity contribution in [3.05, 3.63) is 35.1 Å². The summed E-state index contributed by atoms with van der Waals surface area (Å²) in [7, 11) is 0. The number of hydrogen-bond donors (Lipinski definition) is 1. The maximum atomic E-state index is 12.7. The Morgan fingerprint density at radius 1 is 1.38 bits per heavy atom. The molecule has 1 aromatic rings. The number of halogens is 1. The van der Waals surface area contributed by atoms with Gasteiger partial charge in [-0.2, -0.15) is 0 Å². The Morgan fingerprint density at radius 3 is 2.31 bits per heavy atom. The number of carbonyl (C=O) groups is 1. The molecule has 0 aliphatic rings. The van der Waals surface area contributed by atoms with Crippen molar-refractivity contribution in [3.8, 4) is 0 Å². The van der Waals surface area contributed by atoms with Gasteiger partial charge < -0.3 is 5.73 Å². The number of hydrogen-bond acceptors (Lipinski definition) is 1. The minimum absolute atomic E-state index is 0.241. The summed E-state index contributed by atoms with van der Waals surface area (Å²) < 4.78 is 12.7. The largest absolute Gasteiger partial charge is 0.366 e. The highest BCUT2D eigenvalue weighted by molar-refractivity contribution is 5.94. The van der Waals surface area contributed by atoms with Crippen LogP contribution in [0.15, 0.2) is 18.2 Å². The van der Waals surface area contributed by atoms with Crippen molar-refractivity contribution in [1.29, 1.82) is 0 Å². The van der Waals surface area contributed by atoms with Gasteiger partial charge >= 0.3 is 0 Å².